The van der Waals surface area contributed by atoms with Crippen LogP contribution in [0.15, 0.2) is 18.2 Å². The van der Waals surface area contributed by atoms with Gasteiger partial charge in [0.15, 0.2) is 0 Å². The molecule has 1 heterocycles. The molecule has 2 fully saturated rings. The van der Waals surface area contributed by atoms with E-state index in [0.29, 0.717) is 32.0 Å². The van der Waals surface area contributed by atoms with E-state index in [1.165, 1.54) is 6.92 Å². The van der Waals surface area contributed by atoms with Crippen LogP contribution in [-0.4, -0.2) is 41.1 Å². The second-order valence-electron chi connectivity index (χ2n) is 7.41. The van der Waals surface area contributed by atoms with Gasteiger partial charge < -0.3 is 10.4 Å². The second kappa shape index (κ2) is 7.15. The maximum Gasteiger partial charge on any atom is 0.416 e. The van der Waals surface area contributed by atoms with Crippen LogP contribution in [0.2, 0.25) is 0 Å². The zero-order chi connectivity index (χ0) is 19.1. The molecule has 2 N–H and O–H groups in total. The fourth-order valence-corrected chi connectivity index (χ4v) is 4.24. The molecule has 0 bridgehead atoms. The summed E-state index contributed by atoms with van der Waals surface area (Å²) in [5, 5.41) is 13.0. The molecule has 1 aliphatic heterocycles. The third-order valence-corrected chi connectivity index (χ3v) is 5.30. The average molecular weight is 374 g/mol. The van der Waals surface area contributed by atoms with E-state index < -0.39 is 23.7 Å². The molecule has 4 atom stereocenters. The number of rotatable bonds is 3. The highest BCUT2D eigenvalue weighted by Crippen LogP contribution is 2.37. The van der Waals surface area contributed by atoms with E-state index in [2.05, 4.69) is 5.32 Å². The largest absolute Gasteiger partial charge is 0.416 e. The summed E-state index contributed by atoms with van der Waals surface area (Å²) in [4.78, 5) is 13.2. The molecule has 26 heavy (non-hydrogen) atoms. The summed E-state index contributed by atoms with van der Waals surface area (Å²) in [6.45, 7) is 2.94. The van der Waals surface area contributed by atoms with Gasteiger partial charge in [-0.1, -0.05) is 0 Å². The first-order valence-electron chi connectivity index (χ1n) is 8.66. The van der Waals surface area contributed by atoms with Gasteiger partial charge in [0.1, 0.15) is 5.82 Å². The van der Waals surface area contributed by atoms with Crippen molar-refractivity contribution in [3.63, 3.8) is 0 Å². The molecule has 2 aliphatic rings. The van der Waals surface area contributed by atoms with E-state index >= 15 is 0 Å². The van der Waals surface area contributed by atoms with Gasteiger partial charge >= 0.3 is 6.18 Å². The van der Waals surface area contributed by atoms with Crippen LogP contribution in [0.5, 0.6) is 0 Å². The van der Waals surface area contributed by atoms with Crippen LogP contribution in [-0.2, 0) is 17.5 Å². The van der Waals surface area contributed by atoms with Crippen LogP contribution in [0.4, 0.5) is 17.6 Å². The Morgan fingerprint density at radius 3 is 2.50 bits per heavy atom. The average Bonchev–Trinajstić information content (AvgIpc) is 2.86. The lowest BCUT2D eigenvalue weighted by Gasteiger charge is -2.35. The van der Waals surface area contributed by atoms with Gasteiger partial charge in [-0.3, -0.25) is 9.69 Å². The van der Waals surface area contributed by atoms with Gasteiger partial charge in [0.25, 0.3) is 0 Å². The minimum atomic E-state index is -4.58. The maximum atomic E-state index is 13.6. The number of alkyl halides is 3. The fourth-order valence-electron chi connectivity index (χ4n) is 4.24. The Bertz CT molecular complexity index is 680. The number of halogens is 4. The van der Waals surface area contributed by atoms with Crippen molar-refractivity contribution in [3.8, 4) is 0 Å². The van der Waals surface area contributed by atoms with Gasteiger partial charge in [0.05, 0.1) is 17.7 Å². The fraction of sp³-hybridized carbons (Fsp3) is 0.611. The molecule has 0 radical (unpaired) electrons. The van der Waals surface area contributed by atoms with Crippen LogP contribution in [0.25, 0.3) is 0 Å². The van der Waals surface area contributed by atoms with Gasteiger partial charge in [0, 0.05) is 26.6 Å². The molecule has 1 aromatic rings. The van der Waals surface area contributed by atoms with Crippen LogP contribution >= 0.6 is 0 Å². The molecule has 1 aliphatic carbocycles. The molecule has 1 amide bonds. The van der Waals surface area contributed by atoms with E-state index in [0.717, 1.165) is 12.1 Å². The van der Waals surface area contributed by atoms with E-state index in [4.69, 9.17) is 0 Å². The molecular weight excluding hydrogens is 352 g/mol. The quantitative estimate of drug-likeness (QED) is 0.800. The van der Waals surface area contributed by atoms with E-state index in [9.17, 15) is 27.5 Å². The van der Waals surface area contributed by atoms with E-state index in [1.54, 1.807) is 0 Å². The smallest absolute Gasteiger partial charge is 0.391 e. The first-order chi connectivity index (χ1) is 12.1. The van der Waals surface area contributed by atoms with Crippen LogP contribution in [0, 0.1) is 17.7 Å². The number of carbonyl (C=O) groups excluding carboxylic acids is 1. The highest BCUT2D eigenvalue weighted by atomic mass is 19.4. The Labute approximate surface area is 149 Å². The highest BCUT2D eigenvalue weighted by Gasteiger charge is 2.42. The summed E-state index contributed by atoms with van der Waals surface area (Å²) in [5.74, 6) is -0.606. The number of likely N-dealkylation sites (tertiary alicyclic amines) is 1. The minimum absolute atomic E-state index is 0.193. The van der Waals surface area contributed by atoms with Crippen molar-refractivity contribution in [3.05, 3.63) is 35.1 Å². The Kier molecular flexibility index (Phi) is 5.25. The maximum absolute atomic E-state index is 13.6. The number of aliphatic hydroxyl groups excluding tert-OH is 1. The van der Waals surface area contributed by atoms with Gasteiger partial charge in [-0.15, -0.1) is 0 Å². The van der Waals surface area contributed by atoms with Gasteiger partial charge in [0.2, 0.25) is 5.91 Å². The first-order valence-corrected chi connectivity index (χ1v) is 8.66. The molecule has 4 nitrogen and oxygen atoms in total. The summed E-state index contributed by atoms with van der Waals surface area (Å²) < 4.78 is 52.1. The number of carbonyl (C=O) groups is 1. The van der Waals surface area contributed by atoms with Crippen LogP contribution in [0.3, 0.4) is 0 Å². The van der Waals surface area contributed by atoms with Crippen molar-refractivity contribution in [2.24, 2.45) is 11.8 Å². The summed E-state index contributed by atoms with van der Waals surface area (Å²) >= 11 is 0. The molecule has 3 rings (SSSR count). The van der Waals surface area contributed by atoms with Crippen molar-refractivity contribution in [2.45, 2.75) is 44.6 Å². The lowest BCUT2D eigenvalue weighted by molar-refractivity contribution is -0.137. The van der Waals surface area contributed by atoms with Gasteiger partial charge in [-0.25, -0.2) is 4.39 Å². The lowest BCUT2D eigenvalue weighted by Crippen LogP contribution is -2.48. The van der Waals surface area contributed by atoms with Crippen molar-refractivity contribution < 1.29 is 27.5 Å². The summed E-state index contributed by atoms with van der Waals surface area (Å²) in [7, 11) is 0. The normalized spacial score (nSPS) is 29.5. The standard InChI is InChI=1S/C18H22F4N2O2/c1-10(25)23-16-4-12-8-24(9-13(12)5-17(16)26)7-11-2-14(18(20,21)22)6-15(19)3-11/h2-3,6,12-13,16-17,26H,4-5,7-9H2,1H3,(H,23,25)/t12-,13+,16-,17-/m1/s1. The monoisotopic (exact) mass is 374 g/mol. The Morgan fingerprint density at radius 2 is 1.88 bits per heavy atom. The predicted octanol–water partition coefficient (Wildman–Crippen LogP) is 2.55. The number of fused-ring (bicyclic) bond motifs is 1. The molecule has 0 aromatic heterocycles. The Hall–Kier alpha value is -1.67. The third kappa shape index (κ3) is 4.35. The molecule has 1 saturated carbocycles. The van der Waals surface area contributed by atoms with Crippen molar-refractivity contribution in [1.29, 1.82) is 0 Å². The number of amides is 1. The number of benzene rings is 1. The summed E-state index contributed by atoms with van der Waals surface area (Å²) in [6.07, 6.45) is -4.01. The molecule has 0 spiro atoms. The van der Waals surface area contributed by atoms with E-state index in [1.807, 2.05) is 4.90 Å². The van der Waals surface area contributed by atoms with Crippen LogP contribution < -0.4 is 5.32 Å². The molecule has 8 heteroatoms. The predicted molar refractivity (Wildman–Crippen MR) is 86.5 cm³/mol. The van der Waals surface area contributed by atoms with E-state index in [-0.39, 0.29) is 35.9 Å². The Morgan fingerprint density at radius 1 is 1.23 bits per heavy atom. The summed E-state index contributed by atoms with van der Waals surface area (Å²) in [5.41, 5.74) is -0.694. The highest BCUT2D eigenvalue weighted by molar-refractivity contribution is 5.73. The molecule has 144 valence electrons. The van der Waals surface area contributed by atoms with Crippen LogP contribution in [0.1, 0.15) is 30.9 Å². The number of aliphatic hydroxyl groups is 1. The zero-order valence-corrected chi connectivity index (χ0v) is 14.4. The topological polar surface area (TPSA) is 52.6 Å². The number of nitrogens with zero attached hydrogens (tertiary/aromatic N) is 1. The molecule has 0 unspecified atom stereocenters. The molecule has 1 saturated heterocycles. The lowest BCUT2D eigenvalue weighted by atomic mass is 9.77. The zero-order valence-electron chi connectivity index (χ0n) is 14.4. The summed E-state index contributed by atoms with van der Waals surface area (Å²) in [6, 6.07) is 2.33. The van der Waals surface area contributed by atoms with Gasteiger partial charge in [-0.05, 0) is 48.4 Å². The number of hydrogen-bond donors (Lipinski definition) is 2. The SMILES string of the molecule is CC(=O)N[C@@H]1C[C@@H]2CN(Cc3cc(F)cc(C(F)(F)F)c3)C[C@@H]2C[C@H]1O. The van der Waals surface area contributed by atoms with Crippen molar-refractivity contribution >= 4 is 5.91 Å². The van der Waals surface area contributed by atoms with Gasteiger partial charge in [-0.2, -0.15) is 13.2 Å². The first kappa shape index (κ1) is 19.1. The second-order valence-corrected chi connectivity index (χ2v) is 7.41. The minimum Gasteiger partial charge on any atom is -0.391 e. The van der Waals surface area contributed by atoms with Crippen molar-refractivity contribution in [1.82, 2.24) is 10.2 Å². The molecular formula is C18H22F4N2O2. The Balaban J connectivity index is 1.67. The number of nitrogens with one attached hydrogen (secondary N) is 1. The number of hydrogen-bond acceptors (Lipinski definition) is 3. The molecule has 1 aromatic carbocycles. The van der Waals surface area contributed by atoms with Crippen molar-refractivity contribution in [2.75, 3.05) is 13.1 Å². The third-order valence-electron chi connectivity index (χ3n) is 5.30.